The van der Waals surface area contributed by atoms with E-state index >= 15 is 0 Å². The molecule has 3 rings (SSSR count). The molecule has 32 heavy (non-hydrogen) atoms. The van der Waals surface area contributed by atoms with Crippen LogP contribution in [0.1, 0.15) is 23.6 Å². The Balaban J connectivity index is 1.95. The van der Waals surface area contributed by atoms with Gasteiger partial charge in [-0.05, 0) is 43.0 Å². The summed E-state index contributed by atoms with van der Waals surface area (Å²) >= 11 is 0. The highest BCUT2D eigenvalue weighted by atomic mass is 16.3. The molecule has 166 valence electrons. The molecule has 0 bridgehead atoms. The first kappa shape index (κ1) is 23.4. The smallest absolute Gasteiger partial charge is 0.125 e. The Morgan fingerprint density at radius 2 is 1.16 bits per heavy atom. The lowest BCUT2D eigenvalue weighted by Gasteiger charge is -2.17. The molecule has 3 N–H and O–H groups in total. The van der Waals surface area contributed by atoms with Crippen LogP contribution in [0.2, 0.25) is 0 Å². The van der Waals surface area contributed by atoms with E-state index in [2.05, 4.69) is 0 Å². The van der Waals surface area contributed by atoms with Crippen LogP contribution in [0.3, 0.4) is 0 Å². The Morgan fingerprint density at radius 1 is 0.688 bits per heavy atom. The number of para-hydroxylation sites is 1. The van der Waals surface area contributed by atoms with Crippen LogP contribution in [0, 0.1) is 0 Å². The van der Waals surface area contributed by atoms with Gasteiger partial charge in [0.25, 0.3) is 0 Å². The van der Waals surface area contributed by atoms with E-state index in [-0.39, 0.29) is 31.0 Å². The number of phenols is 1. The fraction of sp³-hybridized carbons (Fsp3) is 0.259. The third-order valence-corrected chi connectivity index (χ3v) is 5.24. The minimum absolute atomic E-state index is 0.0980. The molecule has 0 aromatic heterocycles. The number of aromatic hydroxyl groups is 1. The van der Waals surface area contributed by atoms with Crippen molar-refractivity contribution in [1.82, 2.24) is 0 Å². The van der Waals surface area contributed by atoms with Crippen LogP contribution < -0.4 is 0 Å². The van der Waals surface area contributed by atoms with Gasteiger partial charge in [0.15, 0.2) is 0 Å². The summed E-state index contributed by atoms with van der Waals surface area (Å²) in [5, 5.41) is 30.4. The van der Waals surface area contributed by atoms with Crippen molar-refractivity contribution in [3.63, 3.8) is 0 Å². The summed E-state index contributed by atoms with van der Waals surface area (Å²) in [6.07, 6.45) is 1.16. The van der Waals surface area contributed by atoms with Gasteiger partial charge in [-0.25, -0.2) is 0 Å². The first-order valence-electron chi connectivity index (χ1n) is 10.8. The van der Waals surface area contributed by atoms with Crippen LogP contribution in [0.15, 0.2) is 94.9 Å². The van der Waals surface area contributed by atoms with Crippen molar-refractivity contribution in [3.8, 4) is 5.75 Å². The summed E-state index contributed by atoms with van der Waals surface area (Å²) in [5.74, 6) is 0.0980. The van der Waals surface area contributed by atoms with E-state index in [0.717, 1.165) is 11.1 Å². The van der Waals surface area contributed by atoms with Crippen molar-refractivity contribution in [3.05, 3.63) is 102 Å². The number of benzene rings is 3. The van der Waals surface area contributed by atoms with Gasteiger partial charge >= 0.3 is 0 Å². The summed E-state index contributed by atoms with van der Waals surface area (Å²) in [6.45, 7) is 1.59. The second kappa shape index (κ2) is 11.9. The Morgan fingerprint density at radius 3 is 1.66 bits per heavy atom. The maximum atomic E-state index is 10.5. The molecule has 5 nitrogen and oxygen atoms in total. The van der Waals surface area contributed by atoms with Gasteiger partial charge in [-0.3, -0.25) is 9.98 Å². The largest absolute Gasteiger partial charge is 0.507 e. The SMILES string of the molecule is CC(=N[C@H](CO)Cc1ccccc1)C(=N[C@H](CO)Cc1ccccc1)c1ccccc1O. The molecule has 3 aromatic carbocycles. The number of rotatable bonds is 10. The van der Waals surface area contributed by atoms with Crippen molar-refractivity contribution in [2.24, 2.45) is 9.98 Å². The van der Waals surface area contributed by atoms with Crippen LogP contribution in [0.5, 0.6) is 5.75 Å². The van der Waals surface area contributed by atoms with Gasteiger partial charge in [-0.15, -0.1) is 0 Å². The van der Waals surface area contributed by atoms with Crippen LogP contribution in [0.4, 0.5) is 0 Å². The Kier molecular flexibility index (Phi) is 8.72. The third-order valence-electron chi connectivity index (χ3n) is 5.24. The summed E-state index contributed by atoms with van der Waals surface area (Å²) in [5.41, 5.74) is 3.83. The number of aliphatic hydroxyl groups excluding tert-OH is 2. The molecule has 5 heteroatoms. The molecule has 0 aliphatic heterocycles. The number of hydrogen-bond acceptors (Lipinski definition) is 5. The van der Waals surface area contributed by atoms with Crippen molar-refractivity contribution in [2.75, 3.05) is 13.2 Å². The quantitative estimate of drug-likeness (QED) is 0.427. The third kappa shape index (κ3) is 6.61. The van der Waals surface area contributed by atoms with Crippen molar-refractivity contribution in [1.29, 1.82) is 0 Å². The highest BCUT2D eigenvalue weighted by Crippen LogP contribution is 2.20. The molecule has 0 aliphatic rings. The molecule has 0 heterocycles. The average molecular weight is 431 g/mol. The fourth-order valence-electron chi connectivity index (χ4n) is 3.62. The van der Waals surface area contributed by atoms with Crippen LogP contribution in [-0.4, -0.2) is 52.0 Å². The summed E-state index contributed by atoms with van der Waals surface area (Å²) < 4.78 is 0. The molecular formula is C27H30N2O3. The maximum absolute atomic E-state index is 10.5. The topological polar surface area (TPSA) is 85.4 Å². The van der Waals surface area contributed by atoms with E-state index in [4.69, 9.17) is 9.98 Å². The molecular weight excluding hydrogens is 400 g/mol. The maximum Gasteiger partial charge on any atom is 0.125 e. The number of aliphatic imine (C=N–C) groups is 2. The minimum Gasteiger partial charge on any atom is -0.507 e. The molecule has 3 aromatic rings. The first-order chi connectivity index (χ1) is 15.6. The van der Waals surface area contributed by atoms with Crippen LogP contribution in [0.25, 0.3) is 0 Å². The van der Waals surface area contributed by atoms with E-state index in [1.807, 2.05) is 73.7 Å². The van der Waals surface area contributed by atoms with E-state index < -0.39 is 0 Å². The number of nitrogens with zero attached hydrogens (tertiary/aromatic N) is 2. The summed E-state index contributed by atoms with van der Waals surface area (Å²) in [6, 6.07) is 26.0. The second-order valence-electron chi connectivity index (χ2n) is 7.76. The Labute approximate surface area is 189 Å². The van der Waals surface area contributed by atoms with Crippen LogP contribution in [-0.2, 0) is 12.8 Å². The number of aliphatic hydroxyl groups is 2. The zero-order chi connectivity index (χ0) is 22.8. The van der Waals surface area contributed by atoms with Crippen molar-refractivity contribution < 1.29 is 15.3 Å². The van der Waals surface area contributed by atoms with Gasteiger partial charge < -0.3 is 15.3 Å². The van der Waals surface area contributed by atoms with Crippen LogP contribution >= 0.6 is 0 Å². The fourth-order valence-corrected chi connectivity index (χ4v) is 3.62. The van der Waals surface area contributed by atoms with Gasteiger partial charge in [0.1, 0.15) is 5.75 Å². The summed E-state index contributed by atoms with van der Waals surface area (Å²) in [7, 11) is 0. The molecule has 0 unspecified atom stereocenters. The molecule has 0 fully saturated rings. The zero-order valence-electron chi connectivity index (χ0n) is 18.3. The number of phenolic OH excluding ortho intramolecular Hbond substituents is 1. The zero-order valence-corrected chi connectivity index (χ0v) is 18.3. The van der Waals surface area contributed by atoms with Crippen molar-refractivity contribution in [2.45, 2.75) is 31.8 Å². The molecule has 0 saturated carbocycles. The monoisotopic (exact) mass is 430 g/mol. The molecule has 0 saturated heterocycles. The molecule has 0 aliphatic carbocycles. The first-order valence-corrected chi connectivity index (χ1v) is 10.8. The van der Waals surface area contributed by atoms with E-state index in [1.165, 1.54) is 0 Å². The Bertz CT molecular complexity index is 1030. The van der Waals surface area contributed by atoms with Gasteiger partial charge in [0, 0.05) is 5.56 Å². The molecule has 2 atom stereocenters. The Hall–Kier alpha value is -3.28. The average Bonchev–Trinajstić information content (AvgIpc) is 2.83. The van der Waals surface area contributed by atoms with E-state index in [1.54, 1.807) is 18.2 Å². The van der Waals surface area contributed by atoms with E-state index in [0.29, 0.717) is 29.8 Å². The standard InChI is InChI=1S/C27H30N2O3/c1-20(28-23(18-30)16-21-10-4-2-5-11-21)27(25-14-8-9-15-26(25)32)29-24(19-31)17-22-12-6-3-7-13-22/h2-15,23-24,30-32H,16-19H2,1H3/t23-,24-/m0/s1. The molecule has 0 amide bonds. The highest BCUT2D eigenvalue weighted by Gasteiger charge is 2.17. The lowest BCUT2D eigenvalue weighted by atomic mass is 10.0. The summed E-state index contributed by atoms with van der Waals surface area (Å²) in [4.78, 5) is 9.56. The molecule has 0 spiro atoms. The normalized spacial score (nSPS) is 14.2. The van der Waals surface area contributed by atoms with Gasteiger partial charge in [-0.1, -0.05) is 72.8 Å². The van der Waals surface area contributed by atoms with Gasteiger partial charge in [0.05, 0.1) is 36.7 Å². The lowest BCUT2D eigenvalue weighted by Crippen LogP contribution is -2.24. The highest BCUT2D eigenvalue weighted by molar-refractivity contribution is 6.48. The molecule has 0 radical (unpaired) electrons. The predicted octanol–water partition coefficient (Wildman–Crippen LogP) is 3.85. The minimum atomic E-state index is -0.390. The second-order valence-corrected chi connectivity index (χ2v) is 7.76. The van der Waals surface area contributed by atoms with Gasteiger partial charge in [0.2, 0.25) is 0 Å². The van der Waals surface area contributed by atoms with Gasteiger partial charge in [-0.2, -0.15) is 0 Å². The number of hydrogen-bond donors (Lipinski definition) is 3. The predicted molar refractivity (Wildman–Crippen MR) is 130 cm³/mol. The van der Waals surface area contributed by atoms with E-state index in [9.17, 15) is 15.3 Å². The van der Waals surface area contributed by atoms with Crippen molar-refractivity contribution >= 4 is 11.4 Å². The lowest BCUT2D eigenvalue weighted by molar-refractivity contribution is 0.265.